The molecular formula is C32H31BrClN3O8. The van der Waals surface area contributed by atoms with Gasteiger partial charge in [-0.25, -0.2) is 9.69 Å². The third-order valence-corrected chi connectivity index (χ3v) is 7.11. The van der Waals surface area contributed by atoms with E-state index in [1.165, 1.54) is 18.2 Å². The van der Waals surface area contributed by atoms with Crippen molar-refractivity contribution in [3.05, 3.63) is 75.2 Å². The fraction of sp³-hybridized carbons (Fsp3) is 0.250. The van der Waals surface area contributed by atoms with Gasteiger partial charge in [-0.15, -0.1) is 0 Å². The van der Waals surface area contributed by atoms with Gasteiger partial charge in [-0.3, -0.25) is 19.7 Å². The first-order valence-corrected chi connectivity index (χ1v) is 15.3. The molecule has 1 fully saturated rings. The first-order chi connectivity index (χ1) is 21.7. The van der Waals surface area contributed by atoms with Crippen molar-refractivity contribution >= 4 is 68.7 Å². The summed E-state index contributed by atoms with van der Waals surface area (Å²) in [6.45, 7) is 6.24. The Labute approximate surface area is 273 Å². The summed E-state index contributed by atoms with van der Waals surface area (Å²) in [5, 5.41) is 5.28. The van der Waals surface area contributed by atoms with Gasteiger partial charge < -0.3 is 24.3 Å². The first kappa shape index (κ1) is 33.3. The van der Waals surface area contributed by atoms with E-state index in [-0.39, 0.29) is 36.0 Å². The van der Waals surface area contributed by atoms with Crippen LogP contribution in [0.15, 0.2) is 64.6 Å². The molecule has 11 nitrogen and oxygen atoms in total. The molecule has 1 heterocycles. The molecule has 4 rings (SSSR count). The van der Waals surface area contributed by atoms with E-state index in [4.69, 9.17) is 30.5 Å². The topological polar surface area (TPSA) is 132 Å². The number of para-hydroxylation sites is 1. The zero-order chi connectivity index (χ0) is 32.5. The maximum atomic E-state index is 13.6. The molecule has 2 N–H and O–H groups in total. The predicted octanol–water partition coefficient (Wildman–Crippen LogP) is 6.37. The van der Waals surface area contributed by atoms with Crippen molar-refractivity contribution in [2.24, 2.45) is 0 Å². The van der Waals surface area contributed by atoms with Gasteiger partial charge in [0.05, 0.1) is 40.7 Å². The van der Waals surface area contributed by atoms with E-state index in [2.05, 4.69) is 26.6 Å². The minimum atomic E-state index is -0.901. The number of nitrogens with zero attached hydrogens (tertiary/aromatic N) is 1. The average molecular weight is 701 g/mol. The minimum Gasteiger partial charge on any atom is -0.490 e. The largest absolute Gasteiger partial charge is 0.490 e. The van der Waals surface area contributed by atoms with Gasteiger partial charge in [-0.05, 0) is 84.2 Å². The highest BCUT2D eigenvalue weighted by molar-refractivity contribution is 9.10. The lowest BCUT2D eigenvalue weighted by Gasteiger charge is -2.27. The molecule has 1 saturated heterocycles. The average Bonchev–Trinajstić information content (AvgIpc) is 3.00. The fourth-order valence-electron chi connectivity index (χ4n) is 4.25. The Morgan fingerprint density at radius 1 is 0.933 bits per heavy atom. The number of nitrogens with one attached hydrogen (secondary N) is 2. The summed E-state index contributed by atoms with van der Waals surface area (Å²) < 4.78 is 23.3. The molecule has 45 heavy (non-hydrogen) atoms. The molecule has 3 aromatic rings. The van der Waals surface area contributed by atoms with E-state index in [1.807, 2.05) is 6.92 Å². The highest BCUT2D eigenvalue weighted by Crippen LogP contribution is 2.38. The van der Waals surface area contributed by atoms with Crippen LogP contribution in [-0.4, -0.2) is 50.2 Å². The Morgan fingerprint density at radius 3 is 2.38 bits per heavy atom. The normalized spacial score (nSPS) is 13.8. The molecule has 0 saturated carbocycles. The van der Waals surface area contributed by atoms with Crippen LogP contribution in [0, 0.1) is 0 Å². The van der Waals surface area contributed by atoms with Crippen molar-refractivity contribution in [1.29, 1.82) is 0 Å². The van der Waals surface area contributed by atoms with Gasteiger partial charge >= 0.3 is 6.03 Å². The number of rotatable bonds is 13. The second-order valence-corrected chi connectivity index (χ2v) is 10.7. The molecule has 0 radical (unpaired) electrons. The zero-order valence-corrected chi connectivity index (χ0v) is 27.1. The highest BCUT2D eigenvalue weighted by Gasteiger charge is 2.37. The maximum Gasteiger partial charge on any atom is 0.335 e. The smallest absolute Gasteiger partial charge is 0.335 e. The summed E-state index contributed by atoms with van der Waals surface area (Å²) >= 11 is 9.55. The molecule has 5 amide bonds. The van der Waals surface area contributed by atoms with Gasteiger partial charge in [0.15, 0.2) is 29.6 Å². The standard InChI is InChI=1S/C32H31BrClN3O8/c1-4-13-44-25-12-11-20(17-26(25)42-5-2)37-31(40)21(30(39)36-32(37)41)14-19-15-22(33)29(27(16-19)43-6-3)45-18-28(38)35-24-10-8-7-9-23(24)34/h7-12,14-17H,4-6,13,18H2,1-3H3,(H,35,38)(H,36,39,41)/b21-14+. The molecule has 13 heteroatoms. The Balaban J connectivity index is 1.60. The lowest BCUT2D eigenvalue weighted by molar-refractivity contribution is -0.122. The van der Waals surface area contributed by atoms with E-state index in [1.54, 1.807) is 56.3 Å². The van der Waals surface area contributed by atoms with Crippen molar-refractivity contribution in [2.75, 3.05) is 36.6 Å². The lowest BCUT2D eigenvalue weighted by atomic mass is 10.1. The van der Waals surface area contributed by atoms with E-state index >= 15 is 0 Å². The van der Waals surface area contributed by atoms with Crippen molar-refractivity contribution in [2.45, 2.75) is 27.2 Å². The van der Waals surface area contributed by atoms with Crippen LogP contribution in [0.1, 0.15) is 32.8 Å². The van der Waals surface area contributed by atoms with Gasteiger partial charge in [0, 0.05) is 6.07 Å². The molecular weight excluding hydrogens is 670 g/mol. The zero-order valence-electron chi connectivity index (χ0n) is 24.8. The summed E-state index contributed by atoms with van der Waals surface area (Å²) in [6, 6.07) is 13.7. The third kappa shape index (κ3) is 8.14. The third-order valence-electron chi connectivity index (χ3n) is 6.19. The quantitative estimate of drug-likeness (QED) is 0.155. The molecule has 0 unspecified atom stereocenters. The summed E-state index contributed by atoms with van der Waals surface area (Å²) in [5.74, 6) is -0.832. The summed E-state index contributed by atoms with van der Waals surface area (Å²) in [7, 11) is 0. The molecule has 0 aliphatic carbocycles. The predicted molar refractivity (Wildman–Crippen MR) is 173 cm³/mol. The van der Waals surface area contributed by atoms with E-state index < -0.39 is 23.8 Å². The van der Waals surface area contributed by atoms with Crippen LogP contribution in [0.25, 0.3) is 6.08 Å². The number of carbonyl (C=O) groups is 4. The van der Waals surface area contributed by atoms with Gasteiger partial charge in [0.25, 0.3) is 17.7 Å². The van der Waals surface area contributed by atoms with Crippen molar-refractivity contribution in [1.82, 2.24) is 5.32 Å². The Hall–Kier alpha value is -4.55. The van der Waals surface area contributed by atoms with Crippen LogP contribution in [-0.2, 0) is 14.4 Å². The summed E-state index contributed by atoms with van der Waals surface area (Å²) in [6.07, 6.45) is 2.12. The number of anilines is 2. The van der Waals surface area contributed by atoms with Gasteiger partial charge in [-0.1, -0.05) is 30.7 Å². The van der Waals surface area contributed by atoms with Crippen LogP contribution in [0.2, 0.25) is 5.02 Å². The van der Waals surface area contributed by atoms with Crippen molar-refractivity contribution in [3.63, 3.8) is 0 Å². The number of hydrogen-bond acceptors (Lipinski definition) is 8. The number of ether oxygens (including phenoxy) is 4. The molecule has 0 aromatic heterocycles. The molecule has 3 aromatic carbocycles. The van der Waals surface area contributed by atoms with Crippen LogP contribution in [0.3, 0.4) is 0 Å². The van der Waals surface area contributed by atoms with Crippen molar-refractivity contribution < 1.29 is 38.1 Å². The number of barbiturate groups is 1. The number of hydrogen-bond donors (Lipinski definition) is 2. The number of halogens is 2. The Bertz CT molecular complexity index is 1640. The number of urea groups is 1. The molecule has 236 valence electrons. The second-order valence-electron chi connectivity index (χ2n) is 9.45. The van der Waals surface area contributed by atoms with Crippen LogP contribution in [0.5, 0.6) is 23.0 Å². The van der Waals surface area contributed by atoms with Gasteiger partial charge in [-0.2, -0.15) is 0 Å². The molecule has 1 aliphatic rings. The molecule has 0 bridgehead atoms. The number of amides is 5. The fourth-order valence-corrected chi connectivity index (χ4v) is 5.01. The van der Waals surface area contributed by atoms with Crippen molar-refractivity contribution in [3.8, 4) is 23.0 Å². The Kier molecular flexibility index (Phi) is 11.4. The van der Waals surface area contributed by atoms with Gasteiger partial charge in [0.2, 0.25) is 0 Å². The summed E-state index contributed by atoms with van der Waals surface area (Å²) in [5.41, 5.74) is 0.736. The SMILES string of the molecule is CCCOc1ccc(N2C(=O)NC(=O)/C(=C\c3cc(Br)c(OCC(=O)Nc4ccccc4Cl)c(OCC)c3)C2=O)cc1OCC. The Morgan fingerprint density at radius 2 is 1.67 bits per heavy atom. The summed E-state index contributed by atoms with van der Waals surface area (Å²) in [4.78, 5) is 52.6. The monoisotopic (exact) mass is 699 g/mol. The second kappa shape index (κ2) is 15.4. The number of benzene rings is 3. The molecule has 0 atom stereocenters. The molecule has 1 aliphatic heterocycles. The molecule has 0 spiro atoms. The van der Waals surface area contributed by atoms with Gasteiger partial charge in [0.1, 0.15) is 5.57 Å². The maximum absolute atomic E-state index is 13.6. The van der Waals surface area contributed by atoms with Crippen LogP contribution < -0.4 is 34.5 Å². The number of imide groups is 2. The number of carbonyl (C=O) groups excluding carboxylic acids is 4. The van der Waals surface area contributed by atoms with Crippen LogP contribution in [0.4, 0.5) is 16.2 Å². The van der Waals surface area contributed by atoms with E-state index in [9.17, 15) is 19.2 Å². The lowest BCUT2D eigenvalue weighted by Crippen LogP contribution is -2.54. The highest BCUT2D eigenvalue weighted by atomic mass is 79.9. The van der Waals surface area contributed by atoms with E-state index in [0.29, 0.717) is 45.5 Å². The van der Waals surface area contributed by atoms with Crippen LogP contribution >= 0.6 is 27.5 Å². The first-order valence-electron chi connectivity index (χ1n) is 14.1. The minimum absolute atomic E-state index is 0.193. The van der Waals surface area contributed by atoms with E-state index in [0.717, 1.165) is 11.3 Å².